The van der Waals surface area contributed by atoms with Crippen molar-refractivity contribution in [1.29, 1.82) is 0 Å². The highest BCUT2D eigenvalue weighted by Crippen LogP contribution is 2.42. The highest BCUT2D eigenvalue weighted by atomic mass is 16.3. The van der Waals surface area contributed by atoms with Gasteiger partial charge >= 0.3 is 0 Å². The molecule has 0 radical (unpaired) electrons. The van der Waals surface area contributed by atoms with Gasteiger partial charge in [-0.25, -0.2) is 0 Å². The second-order valence-corrected chi connectivity index (χ2v) is 4.34. The Kier molecular flexibility index (Phi) is 2.10. The average molecular weight is 154 g/mol. The van der Waals surface area contributed by atoms with Crippen LogP contribution in [0.25, 0.3) is 0 Å². The Morgan fingerprint density at radius 2 is 2.09 bits per heavy atom. The molecule has 11 heavy (non-hydrogen) atoms. The van der Waals surface area contributed by atoms with Gasteiger partial charge in [-0.05, 0) is 29.7 Å². The van der Waals surface area contributed by atoms with Crippen molar-refractivity contribution < 1.29 is 5.11 Å². The third-order valence-electron chi connectivity index (χ3n) is 3.22. The first-order chi connectivity index (χ1) is 4.95. The topological polar surface area (TPSA) is 20.2 Å². The lowest BCUT2D eigenvalue weighted by Gasteiger charge is -2.40. The van der Waals surface area contributed by atoms with E-state index in [4.69, 9.17) is 0 Å². The van der Waals surface area contributed by atoms with E-state index in [0.717, 1.165) is 18.4 Å². The number of hydrogen-bond donors (Lipinski definition) is 1. The zero-order valence-electron chi connectivity index (χ0n) is 7.72. The van der Waals surface area contributed by atoms with Crippen LogP contribution in [0.2, 0.25) is 0 Å². The molecule has 0 heterocycles. The summed E-state index contributed by atoms with van der Waals surface area (Å²) in [7, 11) is 0. The predicted molar refractivity (Wildman–Crippen MR) is 47.3 cm³/mol. The van der Waals surface area contributed by atoms with Gasteiger partial charge in [-0.15, -0.1) is 0 Å². The molecule has 0 amide bonds. The highest BCUT2D eigenvalue weighted by molar-refractivity contribution is 5.13. The first kappa shape index (κ1) is 8.79. The Morgan fingerprint density at radius 3 is 2.55 bits per heavy atom. The number of aliphatic hydroxyl groups excluding tert-OH is 1. The largest absolute Gasteiger partial charge is 0.389 e. The summed E-state index contributed by atoms with van der Waals surface area (Å²) in [5.41, 5.74) is 1.34. The maximum atomic E-state index is 9.48. The minimum atomic E-state index is -0.252. The van der Waals surface area contributed by atoms with E-state index in [0.29, 0.717) is 11.3 Å². The van der Waals surface area contributed by atoms with E-state index >= 15 is 0 Å². The van der Waals surface area contributed by atoms with Gasteiger partial charge in [-0.1, -0.05) is 27.4 Å². The Hall–Kier alpha value is -0.300. The first-order valence-electron chi connectivity index (χ1n) is 4.32. The van der Waals surface area contributed by atoms with Crippen LogP contribution in [0.3, 0.4) is 0 Å². The van der Waals surface area contributed by atoms with Crippen molar-refractivity contribution in [1.82, 2.24) is 0 Å². The van der Waals surface area contributed by atoms with Crippen molar-refractivity contribution in [3.63, 3.8) is 0 Å². The normalized spacial score (nSPS) is 37.3. The van der Waals surface area contributed by atoms with Crippen LogP contribution in [0, 0.1) is 11.3 Å². The third kappa shape index (κ3) is 1.48. The smallest absolute Gasteiger partial charge is 0.0750 e. The summed E-state index contributed by atoms with van der Waals surface area (Å²) in [6.45, 7) is 10.6. The molecular formula is C10H18O. The lowest BCUT2D eigenvalue weighted by Crippen LogP contribution is -2.34. The molecule has 2 unspecified atom stereocenters. The molecule has 0 saturated heterocycles. The minimum Gasteiger partial charge on any atom is -0.389 e. The van der Waals surface area contributed by atoms with Crippen molar-refractivity contribution in [2.45, 2.75) is 39.7 Å². The summed E-state index contributed by atoms with van der Waals surface area (Å²) in [5.74, 6) is 0.450. The molecule has 0 spiro atoms. The van der Waals surface area contributed by atoms with E-state index in [9.17, 15) is 5.11 Å². The van der Waals surface area contributed by atoms with E-state index < -0.39 is 0 Å². The van der Waals surface area contributed by atoms with Crippen LogP contribution in [0.1, 0.15) is 33.6 Å². The van der Waals surface area contributed by atoms with Gasteiger partial charge in [0.1, 0.15) is 0 Å². The van der Waals surface area contributed by atoms with E-state index in [1.165, 1.54) is 0 Å². The standard InChI is InChI=1S/C10H18O/c1-7-8(2)10(3,4)6-5-9(7)11/h8-9,11H,1,5-6H2,2-4H3. The molecular weight excluding hydrogens is 136 g/mol. The van der Waals surface area contributed by atoms with Crippen LogP contribution in [0.4, 0.5) is 0 Å². The fraction of sp³-hybridized carbons (Fsp3) is 0.800. The van der Waals surface area contributed by atoms with Gasteiger partial charge < -0.3 is 5.11 Å². The molecule has 1 fully saturated rings. The van der Waals surface area contributed by atoms with Gasteiger partial charge in [0, 0.05) is 0 Å². The SMILES string of the molecule is C=C1C(O)CCC(C)(C)C1C. The van der Waals surface area contributed by atoms with Crippen molar-refractivity contribution in [2.24, 2.45) is 11.3 Å². The fourth-order valence-electron chi connectivity index (χ4n) is 1.70. The van der Waals surface area contributed by atoms with Crippen LogP contribution in [-0.2, 0) is 0 Å². The Labute approximate surface area is 69.1 Å². The average Bonchev–Trinajstić information content (AvgIpc) is 1.95. The fourth-order valence-corrected chi connectivity index (χ4v) is 1.70. The lowest BCUT2D eigenvalue weighted by molar-refractivity contribution is 0.0946. The van der Waals surface area contributed by atoms with Crippen LogP contribution >= 0.6 is 0 Å². The van der Waals surface area contributed by atoms with Gasteiger partial charge in [-0.3, -0.25) is 0 Å². The van der Waals surface area contributed by atoms with E-state index in [-0.39, 0.29) is 6.10 Å². The van der Waals surface area contributed by atoms with Crippen LogP contribution in [0.15, 0.2) is 12.2 Å². The van der Waals surface area contributed by atoms with Gasteiger partial charge in [0.05, 0.1) is 6.10 Å². The van der Waals surface area contributed by atoms with E-state index in [1.807, 2.05) is 0 Å². The van der Waals surface area contributed by atoms with Crippen LogP contribution in [-0.4, -0.2) is 11.2 Å². The molecule has 1 nitrogen and oxygen atoms in total. The van der Waals surface area contributed by atoms with Crippen molar-refractivity contribution >= 4 is 0 Å². The monoisotopic (exact) mass is 154 g/mol. The second-order valence-electron chi connectivity index (χ2n) is 4.34. The summed E-state index contributed by atoms with van der Waals surface area (Å²) in [6, 6.07) is 0. The summed E-state index contributed by atoms with van der Waals surface area (Å²) < 4.78 is 0. The van der Waals surface area contributed by atoms with Crippen LogP contribution in [0.5, 0.6) is 0 Å². The second kappa shape index (κ2) is 2.63. The van der Waals surface area contributed by atoms with Crippen LogP contribution < -0.4 is 0 Å². The maximum Gasteiger partial charge on any atom is 0.0750 e. The highest BCUT2D eigenvalue weighted by Gasteiger charge is 2.35. The molecule has 0 aliphatic heterocycles. The van der Waals surface area contributed by atoms with Crippen molar-refractivity contribution in [3.05, 3.63) is 12.2 Å². The molecule has 1 N–H and O–H groups in total. The van der Waals surface area contributed by atoms with E-state index in [2.05, 4.69) is 27.4 Å². The molecule has 0 aromatic carbocycles. The molecule has 0 aromatic rings. The minimum absolute atomic E-state index is 0.252. The summed E-state index contributed by atoms with van der Waals surface area (Å²) in [4.78, 5) is 0. The predicted octanol–water partition coefficient (Wildman–Crippen LogP) is 2.36. The van der Waals surface area contributed by atoms with Gasteiger partial charge in [0.2, 0.25) is 0 Å². The number of aliphatic hydroxyl groups is 1. The molecule has 1 aliphatic carbocycles. The molecule has 2 atom stereocenters. The van der Waals surface area contributed by atoms with Crippen molar-refractivity contribution in [2.75, 3.05) is 0 Å². The summed E-state index contributed by atoms with van der Waals surface area (Å²) in [6.07, 6.45) is 1.74. The molecule has 0 aromatic heterocycles. The molecule has 0 bridgehead atoms. The summed E-state index contributed by atoms with van der Waals surface area (Å²) >= 11 is 0. The molecule has 1 heteroatoms. The Bertz CT molecular complexity index is 170. The third-order valence-corrected chi connectivity index (χ3v) is 3.22. The lowest BCUT2D eigenvalue weighted by atomic mass is 9.67. The van der Waals surface area contributed by atoms with Crippen molar-refractivity contribution in [3.8, 4) is 0 Å². The first-order valence-corrected chi connectivity index (χ1v) is 4.32. The molecule has 64 valence electrons. The zero-order valence-corrected chi connectivity index (χ0v) is 7.72. The quantitative estimate of drug-likeness (QED) is 0.531. The van der Waals surface area contributed by atoms with Gasteiger partial charge in [-0.2, -0.15) is 0 Å². The maximum absolute atomic E-state index is 9.48. The van der Waals surface area contributed by atoms with Gasteiger partial charge in [0.15, 0.2) is 0 Å². The summed E-state index contributed by atoms with van der Waals surface area (Å²) in [5, 5.41) is 9.48. The molecule has 1 aliphatic rings. The Morgan fingerprint density at radius 1 is 1.55 bits per heavy atom. The number of hydrogen-bond acceptors (Lipinski definition) is 1. The number of rotatable bonds is 0. The van der Waals surface area contributed by atoms with Gasteiger partial charge in [0.25, 0.3) is 0 Å². The molecule has 1 saturated carbocycles. The van der Waals surface area contributed by atoms with E-state index in [1.54, 1.807) is 0 Å². The zero-order chi connectivity index (χ0) is 8.65. The Balaban J connectivity index is 2.75. The molecule has 1 rings (SSSR count).